The van der Waals surface area contributed by atoms with Crippen LogP contribution in [0.5, 0.6) is 0 Å². The van der Waals surface area contributed by atoms with Crippen molar-refractivity contribution in [2.75, 3.05) is 5.88 Å². The van der Waals surface area contributed by atoms with E-state index in [1.165, 1.54) is 6.07 Å². The second kappa shape index (κ2) is 4.20. The molecule has 1 nitrogen and oxygen atoms in total. The van der Waals surface area contributed by atoms with Gasteiger partial charge >= 0.3 is 0 Å². The number of carbonyl (C=O) groups is 1. The van der Waals surface area contributed by atoms with Gasteiger partial charge in [-0.1, -0.05) is 0 Å². The third kappa shape index (κ3) is 2.29. The summed E-state index contributed by atoms with van der Waals surface area (Å²) in [5, 5.41) is 0. The van der Waals surface area contributed by atoms with Crippen LogP contribution in [0.1, 0.15) is 15.9 Å². The minimum Gasteiger partial charge on any atom is -0.293 e. The molecule has 13 heavy (non-hydrogen) atoms. The van der Waals surface area contributed by atoms with Gasteiger partial charge in [-0.3, -0.25) is 4.79 Å². The molecule has 1 rings (SSSR count). The van der Waals surface area contributed by atoms with E-state index in [0.29, 0.717) is 11.1 Å². The Balaban J connectivity index is 3.28. The molecule has 0 N–H and O–H groups in total. The van der Waals surface area contributed by atoms with Crippen LogP contribution in [-0.2, 0) is 0 Å². The molecule has 0 radical (unpaired) electrons. The van der Waals surface area contributed by atoms with Gasteiger partial charge < -0.3 is 0 Å². The van der Waals surface area contributed by atoms with E-state index < -0.39 is 5.82 Å². The Morgan fingerprint density at radius 1 is 1.62 bits per heavy atom. The van der Waals surface area contributed by atoms with Crippen LogP contribution in [0.3, 0.4) is 0 Å². The van der Waals surface area contributed by atoms with E-state index in [2.05, 4.69) is 15.9 Å². The van der Waals surface area contributed by atoms with Crippen LogP contribution in [0, 0.1) is 12.7 Å². The largest absolute Gasteiger partial charge is 0.293 e. The Hall–Kier alpha value is -0.410. The first kappa shape index (κ1) is 10.7. The number of Topliss-reactive ketones (excluding diaryl/α,β-unsaturated/α-hetero) is 1. The van der Waals surface area contributed by atoms with Crippen molar-refractivity contribution >= 4 is 33.3 Å². The number of benzene rings is 1. The summed E-state index contributed by atoms with van der Waals surface area (Å²) < 4.78 is 13.3. The van der Waals surface area contributed by atoms with E-state index >= 15 is 0 Å². The standard InChI is InChI=1S/C9H7BrClFO/c1-5-2-6(8(13)4-11)9(10)7(12)3-5/h2-3H,4H2,1H3. The average molecular weight is 266 g/mol. The summed E-state index contributed by atoms with van der Waals surface area (Å²) in [7, 11) is 0. The summed E-state index contributed by atoms with van der Waals surface area (Å²) in [5.74, 6) is -0.855. The van der Waals surface area contributed by atoms with Crippen molar-refractivity contribution in [2.24, 2.45) is 0 Å². The molecule has 0 amide bonds. The maximum absolute atomic E-state index is 13.1. The van der Waals surface area contributed by atoms with Crippen molar-refractivity contribution in [3.63, 3.8) is 0 Å². The molecule has 0 atom stereocenters. The molecule has 4 heteroatoms. The molecule has 1 aromatic rings. The lowest BCUT2D eigenvalue weighted by Crippen LogP contribution is -2.03. The van der Waals surface area contributed by atoms with Crippen LogP contribution in [0.2, 0.25) is 0 Å². The topological polar surface area (TPSA) is 17.1 Å². The molecular weight excluding hydrogens is 258 g/mol. The molecule has 0 heterocycles. The fourth-order valence-corrected chi connectivity index (χ4v) is 1.59. The number of alkyl halides is 1. The number of ketones is 1. The van der Waals surface area contributed by atoms with Gasteiger partial charge in [0.05, 0.1) is 10.4 Å². The van der Waals surface area contributed by atoms with Gasteiger partial charge in [0.2, 0.25) is 0 Å². The monoisotopic (exact) mass is 264 g/mol. The zero-order valence-corrected chi connectivity index (χ0v) is 9.25. The third-order valence-corrected chi connectivity index (χ3v) is 2.64. The fourth-order valence-electron chi connectivity index (χ4n) is 0.999. The molecule has 70 valence electrons. The summed E-state index contributed by atoms with van der Waals surface area (Å²) in [6.45, 7) is 1.72. The predicted octanol–water partition coefficient (Wildman–Crippen LogP) is 3.32. The number of halogens is 3. The first-order valence-electron chi connectivity index (χ1n) is 3.61. The summed E-state index contributed by atoms with van der Waals surface area (Å²) in [6.07, 6.45) is 0. The molecule has 0 saturated carbocycles. The lowest BCUT2D eigenvalue weighted by atomic mass is 10.1. The highest BCUT2D eigenvalue weighted by molar-refractivity contribution is 9.10. The Kier molecular flexibility index (Phi) is 3.45. The van der Waals surface area contributed by atoms with Gasteiger partial charge in [0.25, 0.3) is 0 Å². The molecule has 0 bridgehead atoms. The second-order valence-electron chi connectivity index (χ2n) is 2.67. The number of rotatable bonds is 2. The molecular formula is C9H7BrClFO. The Bertz CT molecular complexity index is 352. The number of hydrogen-bond acceptors (Lipinski definition) is 1. The predicted molar refractivity (Wildman–Crippen MR) is 53.9 cm³/mol. The fraction of sp³-hybridized carbons (Fsp3) is 0.222. The van der Waals surface area contributed by atoms with Crippen LogP contribution in [-0.4, -0.2) is 11.7 Å². The van der Waals surface area contributed by atoms with Crippen LogP contribution >= 0.6 is 27.5 Å². The molecule has 0 fully saturated rings. The van der Waals surface area contributed by atoms with Crippen LogP contribution in [0.15, 0.2) is 16.6 Å². The highest BCUT2D eigenvalue weighted by Crippen LogP contribution is 2.23. The van der Waals surface area contributed by atoms with Gasteiger partial charge in [0, 0.05) is 5.56 Å². The van der Waals surface area contributed by atoms with Gasteiger partial charge in [-0.05, 0) is 40.5 Å². The number of carbonyl (C=O) groups excluding carboxylic acids is 1. The summed E-state index contributed by atoms with van der Waals surface area (Å²) in [5.41, 5.74) is 1.00. The number of hydrogen-bond donors (Lipinski definition) is 0. The Labute approximate surface area is 89.0 Å². The molecule has 1 aromatic carbocycles. The Morgan fingerprint density at radius 3 is 2.77 bits per heavy atom. The van der Waals surface area contributed by atoms with E-state index in [0.717, 1.165) is 0 Å². The lowest BCUT2D eigenvalue weighted by molar-refractivity contribution is 0.101. The van der Waals surface area contributed by atoms with E-state index in [1.54, 1.807) is 13.0 Å². The highest BCUT2D eigenvalue weighted by Gasteiger charge is 2.12. The molecule has 0 aromatic heterocycles. The minimum atomic E-state index is -0.437. The zero-order valence-electron chi connectivity index (χ0n) is 6.90. The summed E-state index contributed by atoms with van der Waals surface area (Å²) >= 11 is 8.37. The van der Waals surface area contributed by atoms with E-state index in [9.17, 15) is 9.18 Å². The first-order valence-corrected chi connectivity index (χ1v) is 4.94. The van der Waals surface area contributed by atoms with E-state index in [4.69, 9.17) is 11.6 Å². The van der Waals surface area contributed by atoms with Gasteiger partial charge in [-0.15, -0.1) is 11.6 Å². The van der Waals surface area contributed by atoms with Crippen LogP contribution in [0.25, 0.3) is 0 Å². The van der Waals surface area contributed by atoms with Crippen molar-refractivity contribution in [1.29, 1.82) is 0 Å². The maximum atomic E-state index is 13.1. The van der Waals surface area contributed by atoms with Gasteiger partial charge in [-0.2, -0.15) is 0 Å². The zero-order chi connectivity index (χ0) is 10.0. The lowest BCUT2D eigenvalue weighted by Gasteiger charge is -2.03. The smallest absolute Gasteiger partial charge is 0.178 e. The van der Waals surface area contributed by atoms with Crippen molar-refractivity contribution in [3.05, 3.63) is 33.5 Å². The SMILES string of the molecule is Cc1cc(F)c(Br)c(C(=O)CCl)c1. The van der Waals surface area contributed by atoms with Crippen molar-refractivity contribution < 1.29 is 9.18 Å². The molecule has 0 aliphatic carbocycles. The van der Waals surface area contributed by atoms with Crippen molar-refractivity contribution in [1.82, 2.24) is 0 Å². The maximum Gasteiger partial charge on any atom is 0.178 e. The third-order valence-electron chi connectivity index (χ3n) is 1.59. The van der Waals surface area contributed by atoms with Crippen LogP contribution in [0.4, 0.5) is 4.39 Å². The molecule has 0 unspecified atom stereocenters. The quantitative estimate of drug-likeness (QED) is 0.592. The summed E-state index contributed by atoms with van der Waals surface area (Å²) in [6, 6.07) is 2.97. The second-order valence-corrected chi connectivity index (χ2v) is 3.73. The molecule has 0 aliphatic heterocycles. The van der Waals surface area contributed by atoms with Crippen molar-refractivity contribution in [2.45, 2.75) is 6.92 Å². The molecule has 0 saturated heterocycles. The Morgan fingerprint density at radius 2 is 2.23 bits per heavy atom. The number of aryl methyl sites for hydroxylation is 1. The van der Waals surface area contributed by atoms with Crippen LogP contribution < -0.4 is 0 Å². The highest BCUT2D eigenvalue weighted by atomic mass is 79.9. The molecule has 0 aliphatic rings. The summed E-state index contributed by atoms with van der Waals surface area (Å²) in [4.78, 5) is 11.2. The normalized spacial score (nSPS) is 10.2. The van der Waals surface area contributed by atoms with E-state index in [1.807, 2.05) is 0 Å². The van der Waals surface area contributed by atoms with Gasteiger partial charge in [0.15, 0.2) is 5.78 Å². The molecule has 0 spiro atoms. The first-order chi connectivity index (χ1) is 6.06. The minimum absolute atomic E-state index is 0.137. The van der Waals surface area contributed by atoms with Gasteiger partial charge in [0.1, 0.15) is 5.82 Å². The average Bonchev–Trinajstić information content (AvgIpc) is 2.10. The van der Waals surface area contributed by atoms with Gasteiger partial charge in [-0.25, -0.2) is 4.39 Å². The van der Waals surface area contributed by atoms with E-state index in [-0.39, 0.29) is 16.1 Å². The van der Waals surface area contributed by atoms with Crippen molar-refractivity contribution in [3.8, 4) is 0 Å².